The van der Waals surface area contributed by atoms with Crippen LogP contribution < -0.4 is 5.32 Å². The molecular formula is C17H24BrNO5. The molecule has 0 radical (unpaired) electrons. The summed E-state index contributed by atoms with van der Waals surface area (Å²) in [4.78, 5) is 23.4. The Morgan fingerprint density at radius 1 is 1.17 bits per heavy atom. The van der Waals surface area contributed by atoms with E-state index in [0.717, 1.165) is 4.47 Å². The second kappa shape index (κ2) is 8.60. The number of hydrogen-bond acceptors (Lipinski definition) is 5. The van der Waals surface area contributed by atoms with E-state index >= 15 is 0 Å². The van der Waals surface area contributed by atoms with Gasteiger partial charge >= 0.3 is 5.97 Å². The maximum absolute atomic E-state index is 12.0. The summed E-state index contributed by atoms with van der Waals surface area (Å²) in [6.07, 6.45) is -0.528. The highest BCUT2D eigenvalue weighted by Gasteiger charge is 2.30. The van der Waals surface area contributed by atoms with Crippen molar-refractivity contribution in [3.63, 3.8) is 0 Å². The van der Waals surface area contributed by atoms with Crippen LogP contribution in [-0.4, -0.2) is 40.8 Å². The Labute approximate surface area is 150 Å². The van der Waals surface area contributed by atoms with E-state index in [0.29, 0.717) is 5.56 Å². The SMILES string of the molecule is CCOC(=O)CC(C)(O)CC(=O)NCC(C)(O)c1ccc(Br)cc1. The third kappa shape index (κ3) is 6.98. The summed E-state index contributed by atoms with van der Waals surface area (Å²) in [6.45, 7) is 4.87. The van der Waals surface area contributed by atoms with Gasteiger partial charge in [-0.15, -0.1) is 0 Å². The van der Waals surface area contributed by atoms with Gasteiger partial charge in [-0.2, -0.15) is 0 Å². The molecule has 134 valence electrons. The van der Waals surface area contributed by atoms with Gasteiger partial charge in [0.15, 0.2) is 0 Å². The van der Waals surface area contributed by atoms with Crippen molar-refractivity contribution in [2.75, 3.05) is 13.2 Å². The zero-order valence-electron chi connectivity index (χ0n) is 14.1. The lowest BCUT2D eigenvalue weighted by atomic mass is 9.95. The lowest BCUT2D eigenvalue weighted by molar-refractivity contribution is -0.149. The highest BCUT2D eigenvalue weighted by molar-refractivity contribution is 9.10. The molecule has 2 unspecified atom stereocenters. The highest BCUT2D eigenvalue weighted by atomic mass is 79.9. The first-order valence-electron chi connectivity index (χ1n) is 7.69. The Balaban J connectivity index is 2.55. The Hall–Kier alpha value is -1.44. The van der Waals surface area contributed by atoms with Crippen molar-refractivity contribution in [1.82, 2.24) is 5.32 Å². The van der Waals surface area contributed by atoms with Crippen LogP contribution in [0.1, 0.15) is 39.2 Å². The molecule has 1 aromatic carbocycles. The number of aliphatic hydroxyl groups is 2. The van der Waals surface area contributed by atoms with Crippen LogP contribution in [-0.2, 0) is 19.9 Å². The topological polar surface area (TPSA) is 95.9 Å². The summed E-state index contributed by atoms with van der Waals surface area (Å²) < 4.78 is 5.66. The van der Waals surface area contributed by atoms with Crippen LogP contribution in [0.15, 0.2) is 28.7 Å². The van der Waals surface area contributed by atoms with Gasteiger partial charge in [-0.3, -0.25) is 9.59 Å². The summed E-state index contributed by atoms with van der Waals surface area (Å²) >= 11 is 3.32. The molecule has 7 heteroatoms. The van der Waals surface area contributed by atoms with Gasteiger partial charge in [0.05, 0.1) is 31.6 Å². The molecule has 0 bridgehead atoms. The van der Waals surface area contributed by atoms with Gasteiger partial charge in [0.1, 0.15) is 5.60 Å². The molecule has 0 spiro atoms. The number of rotatable bonds is 8. The maximum Gasteiger partial charge on any atom is 0.308 e. The van der Waals surface area contributed by atoms with E-state index in [1.807, 2.05) is 0 Å². The Morgan fingerprint density at radius 2 is 1.75 bits per heavy atom. The fourth-order valence-electron chi connectivity index (χ4n) is 2.18. The molecule has 24 heavy (non-hydrogen) atoms. The molecule has 1 amide bonds. The predicted molar refractivity (Wildman–Crippen MR) is 93.2 cm³/mol. The number of esters is 1. The maximum atomic E-state index is 12.0. The molecule has 0 aliphatic rings. The molecule has 0 aromatic heterocycles. The van der Waals surface area contributed by atoms with E-state index in [1.165, 1.54) is 6.92 Å². The molecule has 0 saturated carbocycles. The summed E-state index contributed by atoms with van der Waals surface area (Å²) in [5.41, 5.74) is -2.09. The van der Waals surface area contributed by atoms with Crippen LogP contribution in [0, 0.1) is 0 Å². The zero-order valence-corrected chi connectivity index (χ0v) is 15.7. The van der Waals surface area contributed by atoms with Gasteiger partial charge in [-0.25, -0.2) is 0 Å². The average Bonchev–Trinajstić information content (AvgIpc) is 2.45. The number of carbonyl (C=O) groups is 2. The van der Waals surface area contributed by atoms with Crippen molar-refractivity contribution >= 4 is 27.8 Å². The van der Waals surface area contributed by atoms with Crippen LogP contribution in [0.5, 0.6) is 0 Å². The van der Waals surface area contributed by atoms with Crippen LogP contribution in [0.4, 0.5) is 0 Å². The zero-order chi connectivity index (χ0) is 18.4. The van der Waals surface area contributed by atoms with Crippen molar-refractivity contribution < 1.29 is 24.5 Å². The molecule has 0 fully saturated rings. The molecule has 1 aromatic rings. The number of nitrogens with one attached hydrogen (secondary N) is 1. The lowest BCUT2D eigenvalue weighted by Crippen LogP contribution is -2.42. The van der Waals surface area contributed by atoms with E-state index in [9.17, 15) is 19.8 Å². The second-order valence-corrected chi connectivity index (χ2v) is 7.13. The summed E-state index contributed by atoms with van der Waals surface area (Å²) in [5, 5.41) is 23.2. The first-order chi connectivity index (χ1) is 11.1. The Kier molecular flexibility index (Phi) is 7.38. The molecule has 6 nitrogen and oxygen atoms in total. The molecule has 2 atom stereocenters. The number of halogens is 1. The van der Waals surface area contributed by atoms with Gasteiger partial charge in [-0.1, -0.05) is 28.1 Å². The third-order valence-electron chi connectivity index (χ3n) is 3.47. The van der Waals surface area contributed by atoms with Crippen molar-refractivity contribution in [3.05, 3.63) is 34.3 Å². The monoisotopic (exact) mass is 401 g/mol. The van der Waals surface area contributed by atoms with Gasteiger partial charge < -0.3 is 20.3 Å². The quantitative estimate of drug-likeness (QED) is 0.577. The standard InChI is InChI=1S/C17H24BrNO5/c1-4-24-15(21)10-16(2,22)9-14(20)19-11-17(3,23)12-5-7-13(18)8-6-12/h5-8,22-23H,4,9-11H2,1-3H3,(H,19,20). The number of hydrogen-bond donors (Lipinski definition) is 3. The molecular weight excluding hydrogens is 378 g/mol. The Bertz CT molecular complexity index is 569. The number of carbonyl (C=O) groups excluding carboxylic acids is 2. The number of benzene rings is 1. The normalized spacial score (nSPS) is 15.9. The first kappa shape index (κ1) is 20.6. The van der Waals surface area contributed by atoms with E-state index in [1.54, 1.807) is 38.1 Å². The minimum atomic E-state index is -1.50. The number of ether oxygens (including phenoxy) is 1. The van der Waals surface area contributed by atoms with Crippen molar-refractivity contribution in [2.45, 2.75) is 44.8 Å². The second-order valence-electron chi connectivity index (χ2n) is 6.21. The average molecular weight is 402 g/mol. The van der Waals surface area contributed by atoms with Crippen molar-refractivity contribution in [1.29, 1.82) is 0 Å². The minimum absolute atomic E-state index is 0.0110. The molecule has 0 aliphatic carbocycles. The predicted octanol–water partition coefficient (Wildman–Crippen LogP) is 1.87. The lowest BCUT2D eigenvalue weighted by Gasteiger charge is -2.26. The molecule has 0 saturated heterocycles. The smallest absolute Gasteiger partial charge is 0.308 e. The van der Waals surface area contributed by atoms with Gasteiger partial charge in [-0.05, 0) is 38.5 Å². The number of amides is 1. The first-order valence-corrected chi connectivity index (χ1v) is 8.48. The van der Waals surface area contributed by atoms with E-state index in [-0.39, 0.29) is 26.0 Å². The molecule has 0 heterocycles. The van der Waals surface area contributed by atoms with Crippen molar-refractivity contribution in [3.8, 4) is 0 Å². The van der Waals surface area contributed by atoms with Crippen molar-refractivity contribution in [2.24, 2.45) is 0 Å². The highest BCUT2D eigenvalue weighted by Crippen LogP contribution is 2.22. The Morgan fingerprint density at radius 3 is 2.29 bits per heavy atom. The van der Waals surface area contributed by atoms with E-state index in [2.05, 4.69) is 21.2 Å². The molecule has 0 aliphatic heterocycles. The fraction of sp³-hybridized carbons (Fsp3) is 0.529. The summed E-state index contributed by atoms with van der Waals surface area (Å²) in [7, 11) is 0. The molecule has 1 rings (SSSR count). The van der Waals surface area contributed by atoms with Gasteiger partial charge in [0.25, 0.3) is 0 Å². The molecule has 3 N–H and O–H groups in total. The summed E-state index contributed by atoms with van der Waals surface area (Å²) in [6, 6.07) is 7.12. The third-order valence-corrected chi connectivity index (χ3v) is 4.00. The van der Waals surface area contributed by atoms with Gasteiger partial charge in [0, 0.05) is 4.47 Å². The van der Waals surface area contributed by atoms with E-state index in [4.69, 9.17) is 4.74 Å². The minimum Gasteiger partial charge on any atom is -0.466 e. The van der Waals surface area contributed by atoms with E-state index < -0.39 is 23.1 Å². The van der Waals surface area contributed by atoms with Crippen LogP contribution in [0.3, 0.4) is 0 Å². The van der Waals surface area contributed by atoms with Crippen LogP contribution >= 0.6 is 15.9 Å². The fourth-order valence-corrected chi connectivity index (χ4v) is 2.44. The summed E-state index contributed by atoms with van der Waals surface area (Å²) in [5.74, 6) is -1.01. The van der Waals surface area contributed by atoms with Gasteiger partial charge in [0.2, 0.25) is 5.91 Å². The largest absolute Gasteiger partial charge is 0.466 e. The van der Waals surface area contributed by atoms with Crippen LogP contribution in [0.2, 0.25) is 0 Å². The van der Waals surface area contributed by atoms with Crippen LogP contribution in [0.25, 0.3) is 0 Å².